The molecule has 36 heavy (non-hydrogen) atoms. The van der Waals surface area contributed by atoms with Crippen LogP contribution in [0.15, 0.2) is 52.1 Å². The highest BCUT2D eigenvalue weighted by atomic mass is 19.4. The molecule has 0 bridgehead atoms. The molecular weight excluding hydrogens is 485 g/mol. The first-order chi connectivity index (χ1) is 17.1. The Balaban J connectivity index is 1.65. The van der Waals surface area contributed by atoms with Crippen molar-refractivity contribution in [1.29, 1.82) is 0 Å². The fourth-order valence-corrected chi connectivity index (χ4v) is 4.63. The van der Waals surface area contributed by atoms with Gasteiger partial charge in [-0.2, -0.15) is 23.0 Å². The van der Waals surface area contributed by atoms with Crippen LogP contribution in [0.5, 0.6) is 0 Å². The second-order valence-corrected chi connectivity index (χ2v) is 8.23. The molecule has 1 aliphatic carbocycles. The number of halogens is 3. The number of carbonyl (C=O) groups excluding carboxylic acids is 1. The predicted molar refractivity (Wildman–Crippen MR) is 118 cm³/mol. The number of carboxylic acid groups (broad SMARTS) is 1. The highest BCUT2D eigenvalue weighted by Gasteiger charge is 2.39. The molecule has 2 aliphatic rings. The van der Waals surface area contributed by atoms with Crippen LogP contribution in [-0.2, 0) is 17.3 Å². The first-order valence-electron chi connectivity index (χ1n) is 10.8. The molecule has 1 fully saturated rings. The number of nitrogens with zero attached hydrogens (tertiary/aromatic N) is 4. The van der Waals surface area contributed by atoms with Gasteiger partial charge in [0.05, 0.1) is 23.8 Å². The maximum atomic E-state index is 13.5. The van der Waals surface area contributed by atoms with Crippen LogP contribution in [0.4, 0.5) is 23.7 Å². The summed E-state index contributed by atoms with van der Waals surface area (Å²) in [5.41, 5.74) is -3.39. The number of ether oxygens (including phenoxy) is 1. The number of anilines is 1. The van der Waals surface area contributed by atoms with Gasteiger partial charge in [0.1, 0.15) is 6.61 Å². The molecule has 1 N–H and O–H groups in total. The molecule has 5 rings (SSSR count). The second-order valence-electron chi connectivity index (χ2n) is 8.23. The number of cyclic esters (lactones) is 1. The number of rotatable bonds is 4. The SMILES string of the molecule is O=C(O)c1nn(-c2ccc(N3CCOC3=O)cc2)c(=O)n(C2CCc3c2cccc3C(F)(F)F)c1=O. The number of hydrogen-bond acceptors (Lipinski definition) is 6. The Morgan fingerprint density at radius 2 is 1.75 bits per heavy atom. The lowest BCUT2D eigenvalue weighted by molar-refractivity contribution is -0.138. The molecule has 186 valence electrons. The lowest BCUT2D eigenvalue weighted by Gasteiger charge is -2.18. The zero-order valence-corrected chi connectivity index (χ0v) is 18.4. The molecule has 1 aliphatic heterocycles. The highest BCUT2D eigenvalue weighted by molar-refractivity contribution is 5.89. The monoisotopic (exact) mass is 502 g/mol. The Hall–Kier alpha value is -4.42. The number of aromatic nitrogens is 3. The first kappa shape index (κ1) is 23.3. The molecule has 1 saturated heterocycles. The van der Waals surface area contributed by atoms with E-state index in [0.29, 0.717) is 21.5 Å². The third kappa shape index (κ3) is 3.72. The minimum atomic E-state index is -4.63. The van der Waals surface area contributed by atoms with E-state index in [-0.39, 0.29) is 36.3 Å². The molecule has 1 aromatic heterocycles. The van der Waals surface area contributed by atoms with Crippen LogP contribution < -0.4 is 16.1 Å². The van der Waals surface area contributed by atoms with Crippen molar-refractivity contribution in [2.45, 2.75) is 25.1 Å². The standard InChI is InChI=1S/C23H17F3N4O6/c24-23(25,26)16-3-1-2-15-14(16)8-9-17(15)29-19(31)18(20(32)33)27-30(21(29)34)13-6-4-12(5-7-13)28-10-11-36-22(28)35/h1-7,17H,8-11H2,(H,32,33). The van der Waals surface area contributed by atoms with Gasteiger partial charge in [-0.05, 0) is 54.3 Å². The minimum Gasteiger partial charge on any atom is -0.476 e. The van der Waals surface area contributed by atoms with Gasteiger partial charge in [0.15, 0.2) is 0 Å². The van der Waals surface area contributed by atoms with Crippen LogP contribution in [0.1, 0.15) is 39.6 Å². The molecule has 1 unspecified atom stereocenters. The van der Waals surface area contributed by atoms with Crippen LogP contribution in [0, 0.1) is 0 Å². The summed E-state index contributed by atoms with van der Waals surface area (Å²) in [5.74, 6) is -1.69. The molecule has 0 spiro atoms. The topological polar surface area (TPSA) is 124 Å². The Morgan fingerprint density at radius 3 is 2.36 bits per heavy atom. The van der Waals surface area contributed by atoms with Crippen LogP contribution >= 0.6 is 0 Å². The van der Waals surface area contributed by atoms with Crippen molar-refractivity contribution >= 4 is 17.7 Å². The molecule has 2 heterocycles. The summed E-state index contributed by atoms with van der Waals surface area (Å²) in [7, 11) is 0. The summed E-state index contributed by atoms with van der Waals surface area (Å²) in [6.07, 6.45) is -5.22. The zero-order valence-electron chi connectivity index (χ0n) is 18.4. The van der Waals surface area contributed by atoms with E-state index in [9.17, 15) is 37.5 Å². The van der Waals surface area contributed by atoms with Crippen molar-refractivity contribution in [2.75, 3.05) is 18.1 Å². The minimum absolute atomic E-state index is 0.00332. The normalized spacial score (nSPS) is 17.2. The number of amides is 1. The van der Waals surface area contributed by atoms with E-state index >= 15 is 0 Å². The van der Waals surface area contributed by atoms with Gasteiger partial charge in [0.25, 0.3) is 5.56 Å². The number of hydrogen-bond donors (Lipinski definition) is 1. The molecule has 1 amide bonds. The third-order valence-corrected chi connectivity index (χ3v) is 6.23. The van der Waals surface area contributed by atoms with Crippen molar-refractivity contribution in [3.63, 3.8) is 0 Å². The van der Waals surface area contributed by atoms with E-state index in [0.717, 1.165) is 6.07 Å². The number of alkyl halides is 3. The van der Waals surface area contributed by atoms with E-state index in [1.54, 1.807) is 0 Å². The van der Waals surface area contributed by atoms with Crippen molar-refractivity contribution < 1.29 is 32.6 Å². The summed E-state index contributed by atoms with van der Waals surface area (Å²) < 4.78 is 46.7. The van der Waals surface area contributed by atoms with E-state index in [2.05, 4.69) is 5.10 Å². The van der Waals surface area contributed by atoms with E-state index in [4.69, 9.17) is 4.74 Å². The van der Waals surface area contributed by atoms with Crippen molar-refractivity contribution in [3.8, 4) is 5.69 Å². The summed E-state index contributed by atoms with van der Waals surface area (Å²) in [5, 5.41) is 13.3. The first-order valence-corrected chi connectivity index (χ1v) is 10.8. The van der Waals surface area contributed by atoms with Crippen LogP contribution in [-0.4, -0.2) is 44.7 Å². The summed E-state index contributed by atoms with van der Waals surface area (Å²) in [4.78, 5) is 51.3. The van der Waals surface area contributed by atoms with Crippen molar-refractivity contribution in [1.82, 2.24) is 14.3 Å². The number of fused-ring (bicyclic) bond motifs is 1. The number of carbonyl (C=O) groups is 2. The molecular formula is C23H17F3N4O6. The second kappa shape index (κ2) is 8.36. The Kier molecular flexibility index (Phi) is 5.42. The molecule has 1 atom stereocenters. The lowest BCUT2D eigenvalue weighted by atomic mass is 10.0. The predicted octanol–water partition coefficient (Wildman–Crippen LogP) is 2.60. The maximum Gasteiger partial charge on any atom is 0.416 e. The summed E-state index contributed by atoms with van der Waals surface area (Å²) in [6.45, 7) is 0.541. The third-order valence-electron chi connectivity index (χ3n) is 6.23. The van der Waals surface area contributed by atoms with Gasteiger partial charge < -0.3 is 9.84 Å². The smallest absolute Gasteiger partial charge is 0.416 e. The highest BCUT2D eigenvalue weighted by Crippen LogP contribution is 2.41. The van der Waals surface area contributed by atoms with Crippen LogP contribution in [0.3, 0.4) is 0 Å². The fourth-order valence-electron chi connectivity index (χ4n) is 4.63. The average molecular weight is 502 g/mol. The van der Waals surface area contributed by atoms with E-state index in [1.807, 2.05) is 0 Å². The molecule has 2 aromatic carbocycles. The van der Waals surface area contributed by atoms with Gasteiger partial charge >= 0.3 is 23.9 Å². The van der Waals surface area contributed by atoms with Gasteiger partial charge in [-0.3, -0.25) is 9.69 Å². The molecule has 3 aromatic rings. The lowest BCUT2D eigenvalue weighted by Crippen LogP contribution is -2.45. The van der Waals surface area contributed by atoms with Crippen molar-refractivity contribution in [3.05, 3.63) is 85.7 Å². The number of carboxylic acids is 1. The summed E-state index contributed by atoms with van der Waals surface area (Å²) in [6, 6.07) is 8.19. The number of aromatic carboxylic acids is 1. The Morgan fingerprint density at radius 1 is 1.06 bits per heavy atom. The number of benzene rings is 2. The van der Waals surface area contributed by atoms with Crippen molar-refractivity contribution in [2.24, 2.45) is 0 Å². The van der Waals surface area contributed by atoms with E-state index < -0.39 is 46.8 Å². The summed E-state index contributed by atoms with van der Waals surface area (Å²) >= 11 is 0. The molecule has 0 saturated carbocycles. The van der Waals surface area contributed by atoms with Crippen LogP contribution in [0.25, 0.3) is 5.69 Å². The largest absolute Gasteiger partial charge is 0.476 e. The Labute approximate surface area is 199 Å². The molecule has 10 nitrogen and oxygen atoms in total. The average Bonchev–Trinajstić information content (AvgIpc) is 3.45. The van der Waals surface area contributed by atoms with Gasteiger partial charge in [-0.1, -0.05) is 12.1 Å². The molecule has 0 radical (unpaired) electrons. The van der Waals surface area contributed by atoms with Gasteiger partial charge in [-0.15, -0.1) is 0 Å². The van der Waals surface area contributed by atoms with Gasteiger partial charge in [0, 0.05) is 5.69 Å². The van der Waals surface area contributed by atoms with Gasteiger partial charge in [-0.25, -0.2) is 19.0 Å². The maximum absolute atomic E-state index is 13.5. The molecule has 13 heteroatoms. The van der Waals surface area contributed by atoms with Crippen LogP contribution in [0.2, 0.25) is 0 Å². The Bertz CT molecular complexity index is 1510. The van der Waals surface area contributed by atoms with Gasteiger partial charge in [0.2, 0.25) is 5.69 Å². The van der Waals surface area contributed by atoms with E-state index in [1.165, 1.54) is 41.3 Å². The fraction of sp³-hybridized carbons (Fsp3) is 0.261. The quantitative estimate of drug-likeness (QED) is 0.582. The zero-order chi connectivity index (χ0) is 25.8.